The zero-order valence-electron chi connectivity index (χ0n) is 17.5. The number of rotatable bonds is 3. The lowest BCUT2D eigenvalue weighted by Crippen LogP contribution is -2.17. The SMILES string of the molecule is CC(C)(C)c1cc(-c2ccn(Cc3ccc(Cl)cc3)n2)cc(C(C)(C)C)c1O. The van der Waals surface area contributed by atoms with Gasteiger partial charge in [-0.25, -0.2) is 0 Å². The molecule has 1 aromatic heterocycles. The molecule has 0 aliphatic carbocycles. The summed E-state index contributed by atoms with van der Waals surface area (Å²) in [5.41, 5.74) is 4.66. The fraction of sp³-hybridized carbons (Fsp3) is 0.375. The highest BCUT2D eigenvalue weighted by molar-refractivity contribution is 6.30. The first kappa shape index (κ1) is 20.5. The fourth-order valence-corrected chi connectivity index (χ4v) is 3.43. The predicted molar refractivity (Wildman–Crippen MR) is 117 cm³/mol. The average Bonchev–Trinajstić information content (AvgIpc) is 3.03. The lowest BCUT2D eigenvalue weighted by Gasteiger charge is -2.28. The number of phenols is 1. The third kappa shape index (κ3) is 4.41. The first-order valence-corrected chi connectivity index (χ1v) is 9.99. The van der Waals surface area contributed by atoms with Crippen molar-refractivity contribution in [3.05, 3.63) is 70.4 Å². The van der Waals surface area contributed by atoms with Crippen LogP contribution in [0.25, 0.3) is 11.3 Å². The van der Waals surface area contributed by atoms with Gasteiger partial charge in [-0.1, -0.05) is 65.3 Å². The summed E-state index contributed by atoms with van der Waals surface area (Å²) >= 11 is 5.97. The number of phenolic OH excluding ortho intramolecular Hbond substituents is 1. The van der Waals surface area contributed by atoms with Crippen LogP contribution < -0.4 is 0 Å². The maximum atomic E-state index is 10.9. The van der Waals surface area contributed by atoms with Gasteiger partial charge in [0.15, 0.2) is 0 Å². The molecular formula is C24H29ClN2O. The summed E-state index contributed by atoms with van der Waals surface area (Å²) in [6.07, 6.45) is 1.99. The second-order valence-electron chi connectivity index (χ2n) is 9.44. The maximum absolute atomic E-state index is 10.9. The second kappa shape index (κ2) is 7.29. The first-order chi connectivity index (χ1) is 12.9. The lowest BCUT2D eigenvalue weighted by molar-refractivity contribution is 0.423. The molecule has 0 bridgehead atoms. The van der Waals surface area contributed by atoms with Gasteiger partial charge < -0.3 is 5.11 Å². The molecule has 0 spiro atoms. The Morgan fingerprint density at radius 2 is 1.43 bits per heavy atom. The summed E-state index contributed by atoms with van der Waals surface area (Å²) < 4.78 is 1.93. The molecule has 0 saturated heterocycles. The molecule has 2 aromatic carbocycles. The van der Waals surface area contributed by atoms with Crippen LogP contribution in [0, 0.1) is 0 Å². The van der Waals surface area contributed by atoms with Gasteiger partial charge >= 0.3 is 0 Å². The van der Waals surface area contributed by atoms with E-state index in [2.05, 4.69) is 53.7 Å². The van der Waals surface area contributed by atoms with E-state index in [1.807, 2.05) is 41.2 Å². The first-order valence-electron chi connectivity index (χ1n) is 9.61. The summed E-state index contributed by atoms with van der Waals surface area (Å²) in [6.45, 7) is 13.4. The van der Waals surface area contributed by atoms with Crippen LogP contribution in [0.4, 0.5) is 0 Å². The molecule has 0 aliphatic rings. The highest BCUT2D eigenvalue weighted by Crippen LogP contribution is 2.41. The Balaban J connectivity index is 2.01. The molecule has 3 nitrogen and oxygen atoms in total. The molecule has 1 heterocycles. The van der Waals surface area contributed by atoms with Crippen molar-refractivity contribution in [1.29, 1.82) is 0 Å². The highest BCUT2D eigenvalue weighted by atomic mass is 35.5. The van der Waals surface area contributed by atoms with Crippen molar-refractivity contribution >= 4 is 11.6 Å². The molecule has 0 aliphatic heterocycles. The standard InChI is InChI=1S/C24H29ClN2O/c1-23(2,3)19-13-17(14-20(22(19)28)24(4,5)6)21-11-12-27(26-21)15-16-7-9-18(25)10-8-16/h7-14,28H,15H2,1-6H3. The summed E-state index contributed by atoms with van der Waals surface area (Å²) in [5.74, 6) is 0.393. The van der Waals surface area contributed by atoms with E-state index in [-0.39, 0.29) is 10.8 Å². The van der Waals surface area contributed by atoms with Gasteiger partial charge in [0.1, 0.15) is 5.75 Å². The van der Waals surface area contributed by atoms with Gasteiger partial charge in [-0.05, 0) is 46.7 Å². The summed E-state index contributed by atoms with van der Waals surface area (Å²) in [7, 11) is 0. The molecule has 0 amide bonds. The van der Waals surface area contributed by atoms with E-state index in [9.17, 15) is 5.11 Å². The number of aromatic nitrogens is 2. The molecule has 3 aromatic rings. The molecule has 0 fully saturated rings. The molecule has 0 radical (unpaired) electrons. The molecule has 0 saturated carbocycles. The Bertz CT molecular complexity index is 938. The van der Waals surface area contributed by atoms with Gasteiger partial charge in [0.2, 0.25) is 0 Å². The van der Waals surface area contributed by atoms with Crippen molar-refractivity contribution in [2.75, 3.05) is 0 Å². The van der Waals surface area contributed by atoms with E-state index in [0.29, 0.717) is 12.3 Å². The molecule has 28 heavy (non-hydrogen) atoms. The Kier molecular flexibility index (Phi) is 5.33. The average molecular weight is 397 g/mol. The minimum absolute atomic E-state index is 0.161. The summed E-state index contributed by atoms with van der Waals surface area (Å²) in [6, 6.07) is 14.0. The molecular weight excluding hydrogens is 368 g/mol. The van der Waals surface area contributed by atoms with E-state index in [1.165, 1.54) is 0 Å². The van der Waals surface area contributed by atoms with Crippen LogP contribution in [0.2, 0.25) is 5.02 Å². The number of aromatic hydroxyl groups is 1. The molecule has 0 atom stereocenters. The Labute approximate surface area is 173 Å². The molecule has 148 valence electrons. The van der Waals surface area contributed by atoms with Crippen LogP contribution in [0.15, 0.2) is 48.7 Å². The lowest BCUT2D eigenvalue weighted by atomic mass is 9.78. The van der Waals surface area contributed by atoms with E-state index < -0.39 is 0 Å². The molecule has 3 rings (SSSR count). The fourth-order valence-electron chi connectivity index (χ4n) is 3.31. The third-order valence-corrected chi connectivity index (χ3v) is 5.17. The number of benzene rings is 2. The van der Waals surface area contributed by atoms with Crippen molar-refractivity contribution in [3.8, 4) is 17.0 Å². The van der Waals surface area contributed by atoms with Crippen LogP contribution in [-0.2, 0) is 17.4 Å². The van der Waals surface area contributed by atoms with Crippen LogP contribution in [-0.4, -0.2) is 14.9 Å². The molecule has 0 unspecified atom stereocenters. The minimum atomic E-state index is -0.161. The van der Waals surface area contributed by atoms with Crippen molar-refractivity contribution in [2.24, 2.45) is 0 Å². The van der Waals surface area contributed by atoms with E-state index in [1.54, 1.807) is 0 Å². The van der Waals surface area contributed by atoms with E-state index in [0.717, 1.165) is 33.0 Å². The number of hydrogen-bond donors (Lipinski definition) is 1. The largest absolute Gasteiger partial charge is 0.507 e. The zero-order valence-corrected chi connectivity index (χ0v) is 18.3. The van der Waals surface area contributed by atoms with E-state index >= 15 is 0 Å². The minimum Gasteiger partial charge on any atom is -0.507 e. The van der Waals surface area contributed by atoms with Gasteiger partial charge in [-0.3, -0.25) is 4.68 Å². The van der Waals surface area contributed by atoms with Crippen molar-refractivity contribution in [1.82, 2.24) is 9.78 Å². The Morgan fingerprint density at radius 1 is 0.893 bits per heavy atom. The van der Waals surface area contributed by atoms with Crippen LogP contribution in [0.1, 0.15) is 58.2 Å². The molecule has 4 heteroatoms. The topological polar surface area (TPSA) is 38.0 Å². The molecule has 1 N–H and O–H groups in total. The normalized spacial score (nSPS) is 12.4. The van der Waals surface area contributed by atoms with Gasteiger partial charge in [-0.2, -0.15) is 5.10 Å². The second-order valence-corrected chi connectivity index (χ2v) is 9.88. The predicted octanol–water partition coefficient (Wildman–Crippen LogP) is 6.55. The van der Waals surface area contributed by atoms with Crippen molar-refractivity contribution in [2.45, 2.75) is 58.9 Å². The van der Waals surface area contributed by atoms with Crippen LogP contribution in [0.5, 0.6) is 5.75 Å². The zero-order chi connectivity index (χ0) is 20.7. The smallest absolute Gasteiger partial charge is 0.123 e. The van der Waals surface area contributed by atoms with Gasteiger partial charge in [0.05, 0.1) is 12.2 Å². The van der Waals surface area contributed by atoms with Gasteiger partial charge in [0.25, 0.3) is 0 Å². The summed E-state index contributed by atoms with van der Waals surface area (Å²) in [4.78, 5) is 0. The van der Waals surface area contributed by atoms with Gasteiger partial charge in [0, 0.05) is 27.9 Å². The summed E-state index contributed by atoms with van der Waals surface area (Å²) in [5, 5.41) is 16.4. The van der Waals surface area contributed by atoms with E-state index in [4.69, 9.17) is 16.7 Å². The van der Waals surface area contributed by atoms with Crippen molar-refractivity contribution < 1.29 is 5.11 Å². The number of nitrogens with zero attached hydrogens (tertiary/aromatic N) is 2. The number of halogens is 1. The number of hydrogen-bond acceptors (Lipinski definition) is 2. The highest BCUT2D eigenvalue weighted by Gasteiger charge is 2.27. The van der Waals surface area contributed by atoms with Gasteiger partial charge in [-0.15, -0.1) is 0 Å². The van der Waals surface area contributed by atoms with Crippen LogP contribution in [0.3, 0.4) is 0 Å². The monoisotopic (exact) mass is 396 g/mol. The quantitative estimate of drug-likeness (QED) is 0.544. The third-order valence-electron chi connectivity index (χ3n) is 4.92. The maximum Gasteiger partial charge on any atom is 0.123 e. The Morgan fingerprint density at radius 3 is 1.93 bits per heavy atom. The Hall–Kier alpha value is -2.26. The van der Waals surface area contributed by atoms with Crippen LogP contribution >= 0.6 is 11.6 Å². The van der Waals surface area contributed by atoms with Crippen molar-refractivity contribution in [3.63, 3.8) is 0 Å².